The Morgan fingerprint density at radius 2 is 1.89 bits per heavy atom. The van der Waals surface area contributed by atoms with Crippen LogP contribution >= 0.6 is 11.6 Å². The third-order valence-electron chi connectivity index (χ3n) is 4.41. The van der Waals surface area contributed by atoms with Crippen molar-refractivity contribution in [1.82, 2.24) is 10.3 Å². The monoisotopic (exact) mass is 395 g/mol. The van der Waals surface area contributed by atoms with E-state index in [0.29, 0.717) is 22.0 Å². The molecule has 3 aromatic rings. The van der Waals surface area contributed by atoms with Gasteiger partial charge in [0.1, 0.15) is 5.75 Å². The number of nitrogens with one attached hydrogen (secondary N) is 2. The molecule has 0 saturated carbocycles. The molecule has 0 saturated heterocycles. The van der Waals surface area contributed by atoms with Gasteiger partial charge < -0.3 is 15.4 Å². The van der Waals surface area contributed by atoms with E-state index >= 15 is 0 Å². The molecule has 2 N–H and O–H groups in total. The molecule has 0 aliphatic rings. The fraction of sp³-hybridized carbons (Fsp3) is 0.182. The predicted molar refractivity (Wildman–Crippen MR) is 113 cm³/mol. The summed E-state index contributed by atoms with van der Waals surface area (Å²) in [7, 11) is 1.58. The van der Waals surface area contributed by atoms with Gasteiger partial charge in [0.15, 0.2) is 0 Å². The molecule has 2 aromatic carbocycles. The van der Waals surface area contributed by atoms with Crippen LogP contribution in [0.2, 0.25) is 5.02 Å². The summed E-state index contributed by atoms with van der Waals surface area (Å²) >= 11 is 6.16. The van der Waals surface area contributed by atoms with Crippen LogP contribution in [0.1, 0.15) is 34.5 Å². The van der Waals surface area contributed by atoms with Crippen LogP contribution in [-0.2, 0) is 0 Å². The van der Waals surface area contributed by atoms with E-state index in [0.717, 1.165) is 16.8 Å². The lowest BCUT2D eigenvalue weighted by atomic mass is 10.1. The molecule has 1 amide bonds. The average Bonchev–Trinajstić information content (AvgIpc) is 2.71. The van der Waals surface area contributed by atoms with Gasteiger partial charge in [0.25, 0.3) is 5.91 Å². The second-order valence-electron chi connectivity index (χ2n) is 6.49. The van der Waals surface area contributed by atoms with Gasteiger partial charge in [-0.3, -0.25) is 9.78 Å². The Morgan fingerprint density at radius 1 is 1.14 bits per heavy atom. The molecular formula is C22H22ClN3O2. The maximum atomic E-state index is 12.6. The Labute approximate surface area is 169 Å². The molecule has 0 spiro atoms. The summed E-state index contributed by atoms with van der Waals surface area (Å²) in [6.45, 7) is 3.87. The first-order chi connectivity index (χ1) is 13.5. The number of anilines is 2. The topological polar surface area (TPSA) is 63.2 Å². The third-order valence-corrected chi connectivity index (χ3v) is 4.81. The van der Waals surface area contributed by atoms with Gasteiger partial charge in [-0.1, -0.05) is 41.9 Å². The van der Waals surface area contributed by atoms with Crippen molar-refractivity contribution in [2.75, 3.05) is 12.4 Å². The lowest BCUT2D eigenvalue weighted by molar-refractivity contribution is 0.0939. The van der Waals surface area contributed by atoms with Gasteiger partial charge in [-0.2, -0.15) is 0 Å². The van der Waals surface area contributed by atoms with Gasteiger partial charge in [-0.05, 0) is 37.1 Å². The number of pyridine rings is 1. The second kappa shape index (κ2) is 8.76. The van der Waals surface area contributed by atoms with Gasteiger partial charge in [0.05, 0.1) is 36.3 Å². The highest BCUT2D eigenvalue weighted by atomic mass is 35.5. The Kier molecular flexibility index (Phi) is 6.16. The van der Waals surface area contributed by atoms with Crippen LogP contribution in [0.3, 0.4) is 0 Å². The summed E-state index contributed by atoms with van der Waals surface area (Å²) in [4.78, 5) is 16.8. The number of halogens is 1. The van der Waals surface area contributed by atoms with Crippen LogP contribution in [0.4, 0.5) is 11.4 Å². The van der Waals surface area contributed by atoms with Crippen LogP contribution in [0, 0.1) is 6.92 Å². The molecule has 3 rings (SSSR count). The first kappa shape index (κ1) is 19.7. The fourth-order valence-corrected chi connectivity index (χ4v) is 2.98. The standard InChI is InChI=1S/C22H22ClN3O2/c1-14-9-20(21(28-3)11-19(14)23)26-18-10-17(12-24-13-18)22(27)25-15(2)16-7-5-4-6-8-16/h4-13,15,26H,1-3H3,(H,25,27). The first-order valence-corrected chi connectivity index (χ1v) is 9.27. The molecule has 0 bridgehead atoms. The molecular weight excluding hydrogens is 374 g/mol. The van der Waals surface area contributed by atoms with E-state index in [4.69, 9.17) is 16.3 Å². The minimum absolute atomic E-state index is 0.107. The van der Waals surface area contributed by atoms with Crippen LogP contribution in [-0.4, -0.2) is 18.0 Å². The number of hydrogen-bond donors (Lipinski definition) is 2. The molecule has 1 aromatic heterocycles. The summed E-state index contributed by atoms with van der Waals surface area (Å²) in [6, 6.07) is 15.1. The van der Waals surface area contributed by atoms with E-state index in [1.54, 1.807) is 31.6 Å². The molecule has 0 fully saturated rings. The minimum Gasteiger partial charge on any atom is -0.495 e. The molecule has 1 heterocycles. The van der Waals surface area contributed by atoms with Gasteiger partial charge in [-0.15, -0.1) is 0 Å². The van der Waals surface area contributed by atoms with E-state index < -0.39 is 0 Å². The second-order valence-corrected chi connectivity index (χ2v) is 6.90. The number of hydrogen-bond acceptors (Lipinski definition) is 4. The van der Waals surface area contributed by atoms with Crippen LogP contribution in [0.15, 0.2) is 60.9 Å². The molecule has 0 aliphatic heterocycles. The van der Waals surface area contributed by atoms with E-state index in [2.05, 4.69) is 15.6 Å². The smallest absolute Gasteiger partial charge is 0.253 e. The van der Waals surface area contributed by atoms with Gasteiger partial charge in [-0.25, -0.2) is 0 Å². The Hall–Kier alpha value is -3.05. The molecule has 1 unspecified atom stereocenters. The summed E-state index contributed by atoms with van der Waals surface area (Å²) in [5.41, 5.74) is 3.86. The molecule has 28 heavy (non-hydrogen) atoms. The van der Waals surface area contributed by atoms with E-state index in [1.807, 2.05) is 50.2 Å². The molecule has 0 aliphatic carbocycles. The number of methoxy groups -OCH3 is 1. The first-order valence-electron chi connectivity index (χ1n) is 8.90. The number of amides is 1. The lowest BCUT2D eigenvalue weighted by Gasteiger charge is -2.15. The Bertz CT molecular complexity index is 977. The highest BCUT2D eigenvalue weighted by Crippen LogP contribution is 2.33. The number of aromatic nitrogens is 1. The van der Waals surface area contributed by atoms with Crippen molar-refractivity contribution in [3.05, 3.63) is 82.6 Å². The molecule has 0 radical (unpaired) electrons. The Morgan fingerprint density at radius 3 is 2.61 bits per heavy atom. The lowest BCUT2D eigenvalue weighted by Crippen LogP contribution is -2.26. The van der Waals surface area contributed by atoms with Crippen molar-refractivity contribution in [3.63, 3.8) is 0 Å². The van der Waals surface area contributed by atoms with Crippen molar-refractivity contribution < 1.29 is 9.53 Å². The van der Waals surface area contributed by atoms with Crippen LogP contribution < -0.4 is 15.4 Å². The van der Waals surface area contributed by atoms with Crippen molar-refractivity contribution in [2.24, 2.45) is 0 Å². The predicted octanol–water partition coefficient (Wildman–Crippen LogP) is 5.29. The van der Waals surface area contributed by atoms with Crippen molar-refractivity contribution in [1.29, 1.82) is 0 Å². The summed E-state index contributed by atoms with van der Waals surface area (Å²) in [6.07, 6.45) is 3.20. The van der Waals surface area contributed by atoms with E-state index in [-0.39, 0.29) is 11.9 Å². The highest BCUT2D eigenvalue weighted by Gasteiger charge is 2.13. The summed E-state index contributed by atoms with van der Waals surface area (Å²) in [5, 5.41) is 6.87. The third kappa shape index (κ3) is 4.61. The van der Waals surface area contributed by atoms with E-state index in [1.165, 1.54) is 0 Å². The molecule has 6 heteroatoms. The van der Waals surface area contributed by atoms with E-state index in [9.17, 15) is 4.79 Å². The van der Waals surface area contributed by atoms with Crippen LogP contribution in [0.5, 0.6) is 5.75 Å². The molecule has 1 atom stereocenters. The zero-order valence-corrected chi connectivity index (χ0v) is 16.7. The average molecular weight is 396 g/mol. The van der Waals surface area contributed by atoms with Crippen LogP contribution in [0.25, 0.3) is 0 Å². The van der Waals surface area contributed by atoms with Crippen molar-refractivity contribution in [2.45, 2.75) is 19.9 Å². The summed E-state index contributed by atoms with van der Waals surface area (Å²) in [5.74, 6) is 0.426. The molecule has 144 valence electrons. The normalized spacial score (nSPS) is 11.6. The van der Waals surface area contributed by atoms with Crippen molar-refractivity contribution in [3.8, 4) is 5.75 Å². The van der Waals surface area contributed by atoms with Gasteiger partial charge in [0.2, 0.25) is 0 Å². The number of nitrogens with zero attached hydrogens (tertiary/aromatic N) is 1. The minimum atomic E-state index is -0.188. The number of carbonyl (C=O) groups is 1. The van der Waals surface area contributed by atoms with Gasteiger partial charge in [0, 0.05) is 17.3 Å². The number of carbonyl (C=O) groups excluding carboxylic acids is 1. The summed E-state index contributed by atoms with van der Waals surface area (Å²) < 4.78 is 5.39. The quantitative estimate of drug-likeness (QED) is 0.595. The zero-order chi connectivity index (χ0) is 20.1. The van der Waals surface area contributed by atoms with Crippen molar-refractivity contribution >= 4 is 28.9 Å². The fourth-order valence-electron chi connectivity index (χ4n) is 2.82. The number of ether oxygens (including phenoxy) is 1. The Balaban J connectivity index is 1.77. The maximum Gasteiger partial charge on any atom is 0.253 e. The maximum absolute atomic E-state index is 12.6. The SMILES string of the molecule is COc1cc(Cl)c(C)cc1Nc1cncc(C(=O)NC(C)c2ccccc2)c1. The number of aryl methyl sites for hydroxylation is 1. The highest BCUT2D eigenvalue weighted by molar-refractivity contribution is 6.31. The zero-order valence-electron chi connectivity index (χ0n) is 16.0. The number of benzene rings is 2. The largest absolute Gasteiger partial charge is 0.495 e. The number of rotatable bonds is 6. The molecule has 5 nitrogen and oxygen atoms in total. The van der Waals surface area contributed by atoms with Gasteiger partial charge >= 0.3 is 0 Å².